The molecule has 1 aliphatic heterocycles. The summed E-state index contributed by atoms with van der Waals surface area (Å²) in [7, 11) is 0. The standard InChI is InChI=1S/C22H25N3O4/c1-2-18(22(28)25-12-14-29-15-13-25)23-21(27)17-10-6-7-11-19(17)24-20(26)16-8-4-3-5-9-16/h3-11,18H,2,12-15H2,1H3,(H,23,27)(H,24,26)/t18-/m0/s1. The Bertz CT molecular complexity index is 863. The Morgan fingerprint density at radius 3 is 2.31 bits per heavy atom. The number of para-hydroxylation sites is 1. The highest BCUT2D eigenvalue weighted by Crippen LogP contribution is 2.17. The summed E-state index contributed by atoms with van der Waals surface area (Å²) in [6, 6.07) is 14.9. The molecule has 7 heteroatoms. The zero-order valence-corrected chi connectivity index (χ0v) is 16.4. The number of morpholine rings is 1. The highest BCUT2D eigenvalue weighted by molar-refractivity contribution is 6.09. The molecule has 1 saturated heterocycles. The summed E-state index contributed by atoms with van der Waals surface area (Å²) in [6.07, 6.45) is 0.473. The highest BCUT2D eigenvalue weighted by atomic mass is 16.5. The van der Waals surface area contributed by atoms with Gasteiger partial charge in [-0.1, -0.05) is 37.3 Å². The number of benzene rings is 2. The van der Waals surface area contributed by atoms with Crippen LogP contribution in [0.15, 0.2) is 54.6 Å². The van der Waals surface area contributed by atoms with Crippen LogP contribution in [-0.2, 0) is 9.53 Å². The van der Waals surface area contributed by atoms with E-state index >= 15 is 0 Å². The first kappa shape index (κ1) is 20.5. The van der Waals surface area contributed by atoms with Crippen molar-refractivity contribution >= 4 is 23.4 Å². The summed E-state index contributed by atoms with van der Waals surface area (Å²) >= 11 is 0. The second-order valence-electron chi connectivity index (χ2n) is 6.74. The molecule has 1 atom stereocenters. The van der Waals surface area contributed by atoms with Crippen molar-refractivity contribution in [2.45, 2.75) is 19.4 Å². The van der Waals surface area contributed by atoms with Crippen molar-refractivity contribution in [2.75, 3.05) is 31.6 Å². The Labute approximate surface area is 170 Å². The van der Waals surface area contributed by atoms with Gasteiger partial charge >= 0.3 is 0 Å². The lowest BCUT2D eigenvalue weighted by atomic mass is 10.1. The SMILES string of the molecule is CC[C@H](NC(=O)c1ccccc1NC(=O)c1ccccc1)C(=O)N1CCOCC1. The van der Waals surface area contributed by atoms with Gasteiger partial charge in [-0.15, -0.1) is 0 Å². The highest BCUT2D eigenvalue weighted by Gasteiger charge is 2.27. The Hall–Kier alpha value is -3.19. The van der Waals surface area contributed by atoms with Gasteiger partial charge < -0.3 is 20.3 Å². The van der Waals surface area contributed by atoms with Crippen LogP contribution >= 0.6 is 0 Å². The van der Waals surface area contributed by atoms with Crippen molar-refractivity contribution in [3.05, 3.63) is 65.7 Å². The van der Waals surface area contributed by atoms with Gasteiger partial charge in [-0.05, 0) is 30.7 Å². The van der Waals surface area contributed by atoms with E-state index in [4.69, 9.17) is 4.74 Å². The molecule has 1 aliphatic rings. The fraction of sp³-hybridized carbons (Fsp3) is 0.318. The van der Waals surface area contributed by atoms with Crippen LogP contribution < -0.4 is 10.6 Å². The number of hydrogen-bond acceptors (Lipinski definition) is 4. The van der Waals surface area contributed by atoms with Gasteiger partial charge in [0.25, 0.3) is 11.8 Å². The molecule has 1 fully saturated rings. The molecule has 2 aromatic carbocycles. The van der Waals surface area contributed by atoms with Crippen LogP contribution in [0.25, 0.3) is 0 Å². The molecule has 3 amide bonds. The summed E-state index contributed by atoms with van der Waals surface area (Å²) in [5, 5.41) is 5.59. The minimum Gasteiger partial charge on any atom is -0.378 e. The summed E-state index contributed by atoms with van der Waals surface area (Å²) in [6.45, 7) is 3.91. The van der Waals surface area contributed by atoms with Crippen molar-refractivity contribution in [3.63, 3.8) is 0 Å². The average molecular weight is 395 g/mol. The van der Waals surface area contributed by atoms with E-state index in [9.17, 15) is 14.4 Å². The summed E-state index contributed by atoms with van der Waals surface area (Å²) in [5.74, 6) is -0.820. The van der Waals surface area contributed by atoms with Gasteiger partial charge in [-0.3, -0.25) is 14.4 Å². The maximum atomic E-state index is 12.9. The molecule has 2 N–H and O–H groups in total. The van der Waals surface area contributed by atoms with E-state index in [1.165, 1.54) is 0 Å². The zero-order chi connectivity index (χ0) is 20.6. The van der Waals surface area contributed by atoms with Crippen LogP contribution in [0.4, 0.5) is 5.69 Å². The lowest BCUT2D eigenvalue weighted by Crippen LogP contribution is -2.51. The Morgan fingerprint density at radius 2 is 1.62 bits per heavy atom. The molecule has 1 heterocycles. The second-order valence-corrected chi connectivity index (χ2v) is 6.74. The van der Waals surface area contributed by atoms with E-state index in [0.717, 1.165) is 0 Å². The Morgan fingerprint density at radius 1 is 0.966 bits per heavy atom. The third-order valence-electron chi connectivity index (χ3n) is 4.79. The predicted molar refractivity (Wildman–Crippen MR) is 110 cm³/mol. The number of hydrogen-bond donors (Lipinski definition) is 2. The molecular formula is C22H25N3O4. The number of carbonyl (C=O) groups is 3. The lowest BCUT2D eigenvalue weighted by Gasteiger charge is -2.30. The van der Waals surface area contributed by atoms with Crippen LogP contribution in [0.3, 0.4) is 0 Å². The summed E-state index contributed by atoms with van der Waals surface area (Å²) < 4.78 is 5.28. The Kier molecular flexibility index (Phi) is 6.97. The van der Waals surface area contributed by atoms with Crippen LogP contribution in [0.1, 0.15) is 34.1 Å². The quantitative estimate of drug-likeness (QED) is 0.786. The third kappa shape index (κ3) is 5.20. The van der Waals surface area contributed by atoms with Gasteiger partial charge in [0.15, 0.2) is 0 Å². The molecule has 0 unspecified atom stereocenters. The molecule has 7 nitrogen and oxygen atoms in total. The lowest BCUT2D eigenvalue weighted by molar-refractivity contribution is -0.137. The predicted octanol–water partition coefficient (Wildman–Crippen LogP) is 2.31. The first-order valence-corrected chi connectivity index (χ1v) is 9.73. The molecule has 3 rings (SSSR count). The molecule has 2 aromatic rings. The van der Waals surface area contributed by atoms with Gasteiger partial charge in [-0.25, -0.2) is 0 Å². The minimum atomic E-state index is -0.626. The van der Waals surface area contributed by atoms with Crippen LogP contribution in [0.5, 0.6) is 0 Å². The molecular weight excluding hydrogens is 370 g/mol. The van der Waals surface area contributed by atoms with Crippen LogP contribution in [0.2, 0.25) is 0 Å². The monoisotopic (exact) mass is 395 g/mol. The zero-order valence-electron chi connectivity index (χ0n) is 16.4. The van der Waals surface area contributed by atoms with E-state index in [0.29, 0.717) is 49.5 Å². The van der Waals surface area contributed by atoms with Crippen molar-refractivity contribution < 1.29 is 19.1 Å². The average Bonchev–Trinajstić information content (AvgIpc) is 2.78. The second kappa shape index (κ2) is 9.84. The smallest absolute Gasteiger partial charge is 0.255 e. The minimum absolute atomic E-state index is 0.116. The number of nitrogens with zero attached hydrogens (tertiary/aromatic N) is 1. The molecule has 0 aliphatic carbocycles. The van der Waals surface area contributed by atoms with Gasteiger partial charge in [-0.2, -0.15) is 0 Å². The molecule has 0 saturated carbocycles. The first-order chi connectivity index (χ1) is 14.1. The number of ether oxygens (including phenoxy) is 1. The van der Waals surface area contributed by atoms with Crippen molar-refractivity contribution in [1.82, 2.24) is 10.2 Å². The fourth-order valence-electron chi connectivity index (χ4n) is 3.15. The van der Waals surface area contributed by atoms with Gasteiger partial charge in [0.2, 0.25) is 5.91 Å². The van der Waals surface area contributed by atoms with Gasteiger partial charge in [0.1, 0.15) is 6.04 Å². The maximum absolute atomic E-state index is 12.9. The largest absolute Gasteiger partial charge is 0.378 e. The fourth-order valence-corrected chi connectivity index (χ4v) is 3.15. The number of carbonyl (C=O) groups excluding carboxylic acids is 3. The van der Waals surface area contributed by atoms with E-state index in [2.05, 4.69) is 10.6 Å². The van der Waals surface area contributed by atoms with E-state index in [1.807, 2.05) is 13.0 Å². The van der Waals surface area contributed by atoms with Gasteiger partial charge in [0, 0.05) is 18.7 Å². The first-order valence-electron chi connectivity index (χ1n) is 9.73. The molecule has 0 bridgehead atoms. The van der Waals surface area contributed by atoms with E-state index in [-0.39, 0.29) is 11.8 Å². The third-order valence-corrected chi connectivity index (χ3v) is 4.79. The van der Waals surface area contributed by atoms with Crippen LogP contribution in [0, 0.1) is 0 Å². The summed E-state index contributed by atoms with van der Waals surface area (Å²) in [4.78, 5) is 39.8. The Balaban J connectivity index is 1.71. The topological polar surface area (TPSA) is 87.7 Å². The van der Waals surface area contributed by atoms with E-state index in [1.54, 1.807) is 53.4 Å². The molecule has 0 spiro atoms. The van der Waals surface area contributed by atoms with Gasteiger partial charge in [0.05, 0.1) is 24.5 Å². The normalized spacial score (nSPS) is 14.7. The van der Waals surface area contributed by atoms with E-state index < -0.39 is 11.9 Å². The molecule has 0 aromatic heterocycles. The summed E-state index contributed by atoms with van der Waals surface area (Å²) in [5.41, 5.74) is 1.20. The molecule has 0 radical (unpaired) electrons. The maximum Gasteiger partial charge on any atom is 0.255 e. The van der Waals surface area contributed by atoms with Crippen molar-refractivity contribution in [2.24, 2.45) is 0 Å². The number of amides is 3. The number of nitrogens with one attached hydrogen (secondary N) is 2. The van der Waals surface area contributed by atoms with Crippen molar-refractivity contribution in [3.8, 4) is 0 Å². The number of rotatable bonds is 6. The molecule has 29 heavy (non-hydrogen) atoms. The molecule has 152 valence electrons. The van der Waals surface area contributed by atoms with Crippen LogP contribution in [-0.4, -0.2) is 55.0 Å². The van der Waals surface area contributed by atoms with Crippen molar-refractivity contribution in [1.29, 1.82) is 0 Å². The number of anilines is 1.